The standard InChI is InChI=1S/C9H18N4/c1-7(2)9-11-8(3)13(12-9)6-4-5-10/h7H,4-6,10H2,1-3H3. The van der Waals surface area contributed by atoms with E-state index in [1.807, 2.05) is 11.6 Å². The molecule has 0 aliphatic heterocycles. The van der Waals surface area contributed by atoms with Gasteiger partial charge in [-0.15, -0.1) is 0 Å². The van der Waals surface area contributed by atoms with Crippen LogP contribution in [0.15, 0.2) is 0 Å². The Labute approximate surface area is 79.2 Å². The molecule has 0 bridgehead atoms. The lowest BCUT2D eigenvalue weighted by atomic mass is 10.2. The summed E-state index contributed by atoms with van der Waals surface area (Å²) in [5, 5.41) is 4.40. The van der Waals surface area contributed by atoms with E-state index in [1.165, 1.54) is 0 Å². The summed E-state index contributed by atoms with van der Waals surface area (Å²) in [5.41, 5.74) is 5.43. The van der Waals surface area contributed by atoms with Gasteiger partial charge in [-0.2, -0.15) is 5.10 Å². The number of nitrogens with zero attached hydrogens (tertiary/aromatic N) is 3. The van der Waals surface area contributed by atoms with Gasteiger partial charge >= 0.3 is 0 Å². The minimum atomic E-state index is 0.401. The lowest BCUT2D eigenvalue weighted by Crippen LogP contribution is -2.08. The van der Waals surface area contributed by atoms with Crippen LogP contribution in [0.3, 0.4) is 0 Å². The topological polar surface area (TPSA) is 56.7 Å². The van der Waals surface area contributed by atoms with E-state index in [0.29, 0.717) is 12.5 Å². The Morgan fingerprint density at radius 3 is 2.62 bits per heavy atom. The Balaban J connectivity index is 2.71. The zero-order valence-electron chi connectivity index (χ0n) is 8.62. The van der Waals surface area contributed by atoms with Crippen molar-refractivity contribution in [2.45, 2.75) is 39.7 Å². The molecule has 0 saturated heterocycles. The molecule has 1 aromatic rings. The fourth-order valence-corrected chi connectivity index (χ4v) is 1.14. The van der Waals surface area contributed by atoms with Gasteiger partial charge in [0.15, 0.2) is 5.82 Å². The lowest BCUT2D eigenvalue weighted by molar-refractivity contribution is 0.560. The molecule has 4 nitrogen and oxygen atoms in total. The molecule has 0 atom stereocenters. The molecule has 4 heteroatoms. The van der Waals surface area contributed by atoms with Gasteiger partial charge in [-0.05, 0) is 19.9 Å². The molecule has 74 valence electrons. The minimum Gasteiger partial charge on any atom is -0.330 e. The molecule has 0 spiro atoms. The third-order valence-electron chi connectivity index (χ3n) is 1.96. The molecule has 0 fully saturated rings. The third kappa shape index (κ3) is 2.52. The van der Waals surface area contributed by atoms with Crippen molar-refractivity contribution in [2.75, 3.05) is 6.54 Å². The Kier molecular flexibility index (Phi) is 3.42. The molecule has 0 saturated carbocycles. The van der Waals surface area contributed by atoms with E-state index in [0.717, 1.165) is 24.6 Å². The highest BCUT2D eigenvalue weighted by atomic mass is 15.3. The zero-order chi connectivity index (χ0) is 9.84. The molecule has 2 N–H and O–H groups in total. The predicted molar refractivity (Wildman–Crippen MR) is 52.5 cm³/mol. The van der Waals surface area contributed by atoms with Gasteiger partial charge in [0.1, 0.15) is 5.82 Å². The second kappa shape index (κ2) is 4.37. The van der Waals surface area contributed by atoms with Crippen LogP contribution < -0.4 is 5.73 Å². The summed E-state index contributed by atoms with van der Waals surface area (Å²) < 4.78 is 1.93. The van der Waals surface area contributed by atoms with E-state index in [4.69, 9.17) is 5.73 Å². The number of rotatable bonds is 4. The van der Waals surface area contributed by atoms with E-state index < -0.39 is 0 Å². The van der Waals surface area contributed by atoms with Crippen molar-refractivity contribution in [2.24, 2.45) is 5.73 Å². The second-order valence-corrected chi connectivity index (χ2v) is 3.54. The van der Waals surface area contributed by atoms with Gasteiger partial charge in [-0.3, -0.25) is 4.68 Å². The van der Waals surface area contributed by atoms with Crippen LogP contribution in [0, 0.1) is 6.92 Å². The zero-order valence-corrected chi connectivity index (χ0v) is 8.62. The molecule has 0 aromatic carbocycles. The molecule has 13 heavy (non-hydrogen) atoms. The Morgan fingerprint density at radius 2 is 2.15 bits per heavy atom. The SMILES string of the molecule is Cc1nc(C(C)C)nn1CCCN. The van der Waals surface area contributed by atoms with Gasteiger partial charge in [0.05, 0.1) is 0 Å². The van der Waals surface area contributed by atoms with Crippen molar-refractivity contribution < 1.29 is 0 Å². The molecule has 0 unspecified atom stereocenters. The number of hydrogen-bond donors (Lipinski definition) is 1. The third-order valence-corrected chi connectivity index (χ3v) is 1.96. The maximum atomic E-state index is 5.43. The Hall–Kier alpha value is -0.900. The Bertz CT molecular complexity index is 265. The average Bonchev–Trinajstić information content (AvgIpc) is 2.44. The summed E-state index contributed by atoms with van der Waals surface area (Å²) in [5.74, 6) is 2.31. The van der Waals surface area contributed by atoms with E-state index in [1.54, 1.807) is 0 Å². The van der Waals surface area contributed by atoms with Crippen LogP contribution in [0.1, 0.15) is 37.8 Å². The van der Waals surface area contributed by atoms with Crippen molar-refractivity contribution in [1.82, 2.24) is 14.8 Å². The van der Waals surface area contributed by atoms with Gasteiger partial charge < -0.3 is 5.73 Å². The van der Waals surface area contributed by atoms with Gasteiger partial charge in [0.25, 0.3) is 0 Å². The van der Waals surface area contributed by atoms with Crippen molar-refractivity contribution in [1.29, 1.82) is 0 Å². The first-order valence-corrected chi connectivity index (χ1v) is 4.76. The van der Waals surface area contributed by atoms with Crippen LogP contribution in [0.4, 0.5) is 0 Å². The van der Waals surface area contributed by atoms with E-state index in [9.17, 15) is 0 Å². The van der Waals surface area contributed by atoms with Crippen LogP contribution >= 0.6 is 0 Å². The highest BCUT2D eigenvalue weighted by Crippen LogP contribution is 2.09. The summed E-state index contributed by atoms with van der Waals surface area (Å²) in [4.78, 5) is 4.37. The number of hydrogen-bond acceptors (Lipinski definition) is 3. The quantitative estimate of drug-likeness (QED) is 0.757. The number of nitrogens with two attached hydrogens (primary N) is 1. The first-order chi connectivity index (χ1) is 6.15. The molecule has 1 aromatic heterocycles. The van der Waals surface area contributed by atoms with Crippen molar-refractivity contribution in [3.63, 3.8) is 0 Å². The summed E-state index contributed by atoms with van der Waals surface area (Å²) in [7, 11) is 0. The maximum absolute atomic E-state index is 5.43. The second-order valence-electron chi connectivity index (χ2n) is 3.54. The largest absolute Gasteiger partial charge is 0.330 e. The van der Waals surface area contributed by atoms with Crippen LogP contribution in [0.25, 0.3) is 0 Å². The van der Waals surface area contributed by atoms with Crippen molar-refractivity contribution in [3.8, 4) is 0 Å². The molecular formula is C9H18N4. The van der Waals surface area contributed by atoms with Crippen LogP contribution in [-0.2, 0) is 6.54 Å². The van der Waals surface area contributed by atoms with Gasteiger partial charge in [0, 0.05) is 12.5 Å². The lowest BCUT2D eigenvalue weighted by Gasteiger charge is -2.00. The minimum absolute atomic E-state index is 0.401. The Morgan fingerprint density at radius 1 is 1.46 bits per heavy atom. The molecule has 1 heterocycles. The van der Waals surface area contributed by atoms with Gasteiger partial charge in [-0.1, -0.05) is 13.8 Å². The summed E-state index contributed by atoms with van der Waals surface area (Å²) in [6, 6.07) is 0. The van der Waals surface area contributed by atoms with E-state index >= 15 is 0 Å². The first-order valence-electron chi connectivity index (χ1n) is 4.76. The predicted octanol–water partition coefficient (Wildman–Crippen LogP) is 1.06. The highest BCUT2D eigenvalue weighted by molar-refractivity contribution is 4.95. The van der Waals surface area contributed by atoms with Crippen LogP contribution in [-0.4, -0.2) is 21.3 Å². The number of aromatic nitrogens is 3. The van der Waals surface area contributed by atoms with Gasteiger partial charge in [0.2, 0.25) is 0 Å². The van der Waals surface area contributed by atoms with Gasteiger partial charge in [-0.25, -0.2) is 4.98 Å². The molecular weight excluding hydrogens is 164 g/mol. The van der Waals surface area contributed by atoms with Crippen molar-refractivity contribution >= 4 is 0 Å². The van der Waals surface area contributed by atoms with Crippen LogP contribution in [0.2, 0.25) is 0 Å². The molecule has 0 aliphatic carbocycles. The highest BCUT2D eigenvalue weighted by Gasteiger charge is 2.08. The first kappa shape index (κ1) is 10.2. The maximum Gasteiger partial charge on any atom is 0.153 e. The summed E-state index contributed by atoms with van der Waals surface area (Å²) in [6.07, 6.45) is 0.960. The normalized spacial score (nSPS) is 11.2. The number of aryl methyl sites for hydroxylation is 2. The summed E-state index contributed by atoms with van der Waals surface area (Å²) >= 11 is 0. The molecule has 0 aliphatic rings. The fraction of sp³-hybridized carbons (Fsp3) is 0.778. The van der Waals surface area contributed by atoms with Crippen molar-refractivity contribution in [3.05, 3.63) is 11.6 Å². The van der Waals surface area contributed by atoms with E-state index in [-0.39, 0.29) is 0 Å². The summed E-state index contributed by atoms with van der Waals surface area (Å²) in [6.45, 7) is 7.76. The smallest absolute Gasteiger partial charge is 0.153 e. The monoisotopic (exact) mass is 182 g/mol. The average molecular weight is 182 g/mol. The molecule has 0 amide bonds. The molecule has 1 rings (SSSR count). The fourth-order valence-electron chi connectivity index (χ4n) is 1.14. The van der Waals surface area contributed by atoms with Crippen LogP contribution in [0.5, 0.6) is 0 Å². The molecule has 0 radical (unpaired) electrons. The van der Waals surface area contributed by atoms with E-state index in [2.05, 4.69) is 23.9 Å².